The fraction of sp³-hybridized carbons (Fsp3) is 0.265. The van der Waals surface area contributed by atoms with Crippen molar-refractivity contribution in [3.8, 4) is 5.82 Å². The largest absolute Gasteiger partial charge is 2.00 e. The summed E-state index contributed by atoms with van der Waals surface area (Å²) in [5.41, 5.74) is 14.7. The molecule has 10 rings (SSSR count). The van der Waals surface area contributed by atoms with E-state index in [1.54, 1.807) is 0 Å². The monoisotopic (exact) mass is 899 g/mol. The van der Waals surface area contributed by atoms with Crippen LogP contribution in [0.25, 0.3) is 27.6 Å². The van der Waals surface area contributed by atoms with Gasteiger partial charge in [-0.05, 0) is 93.8 Å². The molecule has 5 nitrogen and oxygen atoms in total. The van der Waals surface area contributed by atoms with E-state index in [1.165, 1.54) is 44.2 Å². The summed E-state index contributed by atoms with van der Waals surface area (Å²) in [6.45, 7) is 15.8. The van der Waals surface area contributed by atoms with Crippen molar-refractivity contribution in [1.29, 1.82) is 0 Å². The summed E-state index contributed by atoms with van der Waals surface area (Å²) >= 11 is 0. The Morgan fingerprint density at radius 1 is 0.836 bits per heavy atom. The third-order valence-corrected chi connectivity index (χ3v) is 12.0. The van der Waals surface area contributed by atoms with Gasteiger partial charge in [0.25, 0.3) is 0 Å². The molecule has 2 aromatic heterocycles. The van der Waals surface area contributed by atoms with E-state index in [0.717, 1.165) is 57.9 Å². The predicted octanol–water partition coefficient (Wildman–Crippen LogP) is 11.6. The van der Waals surface area contributed by atoms with Crippen LogP contribution in [0.5, 0.6) is 0 Å². The average molecular weight is 900 g/mol. The molecule has 5 aromatic carbocycles. The van der Waals surface area contributed by atoms with Gasteiger partial charge in [-0.3, -0.25) is 4.99 Å². The topological polar surface area (TPSA) is 42.6 Å². The van der Waals surface area contributed by atoms with Crippen LogP contribution in [0, 0.1) is 26.0 Å². The summed E-state index contributed by atoms with van der Waals surface area (Å²) in [5, 5.41) is 2.36. The Bertz CT molecular complexity index is 2720. The summed E-state index contributed by atoms with van der Waals surface area (Å²) in [4.78, 5) is 12.6. The van der Waals surface area contributed by atoms with Crippen LogP contribution in [0.4, 0.5) is 17.1 Å². The molecule has 4 heterocycles. The van der Waals surface area contributed by atoms with Crippen LogP contribution in [-0.4, -0.2) is 21.6 Å². The standard InChI is InChI=1S/C49H44N4O.Pt/c1-29-23-31(47-51-46-36-15-12-13-30(2)34(36)19-20-44(46)54-47)25-33(24-29)52-41-18-11-9-16-38(41)49(6,7)39-27-37-35-14-8-10-17-40(35)53(42(37)28-43(39)52)45-26-32(21-22-50-45)48(3,4)5;/h8-18,21-24,26-27,44,46H,19-20H2,1-7H3;/q-2;+2/t44-,46+;/m0./s1. The van der Waals surface area contributed by atoms with E-state index in [9.17, 15) is 0 Å². The van der Waals surface area contributed by atoms with Crippen LogP contribution >= 0.6 is 0 Å². The number of aryl methyl sites for hydroxylation is 2. The zero-order chi connectivity index (χ0) is 37.1. The zero-order valence-electron chi connectivity index (χ0n) is 32.4. The van der Waals surface area contributed by atoms with Crippen LogP contribution in [0.15, 0.2) is 108 Å². The summed E-state index contributed by atoms with van der Waals surface area (Å²) < 4.78 is 8.98. The van der Waals surface area contributed by atoms with Gasteiger partial charge in [0.2, 0.25) is 0 Å². The summed E-state index contributed by atoms with van der Waals surface area (Å²) in [7, 11) is 0. The van der Waals surface area contributed by atoms with E-state index in [1.807, 2.05) is 6.20 Å². The molecule has 3 aliphatic rings. The Morgan fingerprint density at radius 2 is 1.64 bits per heavy atom. The van der Waals surface area contributed by atoms with Gasteiger partial charge in [0.1, 0.15) is 23.9 Å². The van der Waals surface area contributed by atoms with Crippen LogP contribution in [-0.2, 0) is 43.1 Å². The maximum absolute atomic E-state index is 6.69. The maximum Gasteiger partial charge on any atom is 2.00 e. The smallest absolute Gasteiger partial charge is 0.514 e. The van der Waals surface area contributed by atoms with Crippen molar-refractivity contribution in [2.75, 3.05) is 4.90 Å². The molecule has 0 fully saturated rings. The normalized spacial score (nSPS) is 18.2. The molecule has 0 amide bonds. The van der Waals surface area contributed by atoms with Gasteiger partial charge in [-0.15, -0.1) is 40.8 Å². The molecule has 0 N–H and O–H groups in total. The molecule has 276 valence electrons. The van der Waals surface area contributed by atoms with E-state index in [-0.39, 0.29) is 44.0 Å². The molecule has 0 radical (unpaired) electrons. The number of hydrogen-bond donors (Lipinski definition) is 0. The Balaban J connectivity index is 0.00000397. The minimum absolute atomic E-state index is 0. The Hall–Kier alpha value is -4.99. The zero-order valence-corrected chi connectivity index (χ0v) is 34.7. The Kier molecular flexibility index (Phi) is 8.29. The van der Waals surface area contributed by atoms with Gasteiger partial charge in [-0.2, -0.15) is 6.07 Å². The number of anilines is 3. The first-order valence-corrected chi connectivity index (χ1v) is 19.2. The maximum atomic E-state index is 6.69. The number of ether oxygens (including phenoxy) is 1. The van der Waals surface area contributed by atoms with Crippen molar-refractivity contribution in [3.63, 3.8) is 0 Å². The third-order valence-electron chi connectivity index (χ3n) is 12.0. The van der Waals surface area contributed by atoms with E-state index in [2.05, 4.69) is 167 Å². The molecule has 0 spiro atoms. The van der Waals surface area contributed by atoms with Crippen molar-refractivity contribution in [2.45, 2.75) is 84.3 Å². The second-order valence-electron chi connectivity index (χ2n) is 17.0. The van der Waals surface area contributed by atoms with Gasteiger partial charge in [-0.1, -0.05) is 113 Å². The van der Waals surface area contributed by atoms with Gasteiger partial charge in [0.05, 0.1) is 0 Å². The Morgan fingerprint density at radius 3 is 2.47 bits per heavy atom. The Labute approximate surface area is 338 Å². The number of pyridine rings is 1. The fourth-order valence-corrected chi connectivity index (χ4v) is 9.17. The number of fused-ring (bicyclic) bond motifs is 8. The molecule has 2 atom stereocenters. The molecule has 2 aliphatic heterocycles. The number of benzene rings is 5. The third kappa shape index (κ3) is 5.52. The van der Waals surface area contributed by atoms with Crippen LogP contribution in [0.1, 0.15) is 91.6 Å². The molecular formula is C49H44N4OPt. The van der Waals surface area contributed by atoms with Gasteiger partial charge in [0, 0.05) is 17.4 Å². The fourth-order valence-electron chi connectivity index (χ4n) is 9.17. The van der Waals surface area contributed by atoms with Crippen molar-refractivity contribution in [3.05, 3.63) is 160 Å². The number of aromatic nitrogens is 2. The number of rotatable bonds is 3. The molecule has 0 saturated heterocycles. The average Bonchev–Trinajstić information content (AvgIpc) is 3.74. The number of para-hydroxylation sites is 2. The van der Waals surface area contributed by atoms with Crippen LogP contribution < -0.4 is 4.90 Å². The van der Waals surface area contributed by atoms with Crippen molar-refractivity contribution in [1.82, 2.24) is 9.55 Å². The molecule has 55 heavy (non-hydrogen) atoms. The minimum atomic E-state index is -0.284. The summed E-state index contributed by atoms with van der Waals surface area (Å²) in [6.07, 6.45) is 3.96. The minimum Gasteiger partial charge on any atom is -0.514 e. The molecular weight excluding hydrogens is 856 g/mol. The van der Waals surface area contributed by atoms with Crippen molar-refractivity contribution < 1.29 is 25.8 Å². The second-order valence-corrected chi connectivity index (χ2v) is 17.0. The molecule has 1 aliphatic carbocycles. The number of hydrogen-bond acceptors (Lipinski definition) is 4. The molecule has 0 unspecified atom stereocenters. The van der Waals surface area contributed by atoms with Crippen molar-refractivity contribution >= 4 is 44.8 Å². The first kappa shape index (κ1) is 35.7. The van der Waals surface area contributed by atoms with Gasteiger partial charge < -0.3 is 14.2 Å². The van der Waals surface area contributed by atoms with Gasteiger partial charge in [-0.25, -0.2) is 4.98 Å². The van der Waals surface area contributed by atoms with E-state index in [0.29, 0.717) is 5.90 Å². The quantitative estimate of drug-likeness (QED) is 0.166. The second kappa shape index (κ2) is 12.8. The summed E-state index contributed by atoms with van der Waals surface area (Å²) in [6, 6.07) is 43.1. The molecule has 0 saturated carbocycles. The van der Waals surface area contributed by atoms with Crippen LogP contribution in [0.2, 0.25) is 0 Å². The SMILES string of the molecule is Cc1cc(C2=N[C@@H]3c4cccc(C)c4CC[C@@H]3O2)[c-]c(N2c3[c-]c4c(cc3C(C)(C)c3ccccc32)c2ccccc2n4-c2cc(C(C)(C)C)ccn2)c1.[Pt+2]. The van der Waals surface area contributed by atoms with Crippen molar-refractivity contribution in [2.24, 2.45) is 4.99 Å². The first-order chi connectivity index (χ1) is 26.0. The predicted molar refractivity (Wildman–Crippen MR) is 220 cm³/mol. The molecule has 0 bridgehead atoms. The molecule has 7 aromatic rings. The van der Waals surface area contributed by atoms with Gasteiger partial charge in [0.15, 0.2) is 0 Å². The van der Waals surface area contributed by atoms with E-state index in [4.69, 9.17) is 14.7 Å². The van der Waals surface area contributed by atoms with Gasteiger partial charge >= 0.3 is 21.1 Å². The van der Waals surface area contributed by atoms with E-state index < -0.39 is 0 Å². The first-order valence-electron chi connectivity index (χ1n) is 19.2. The number of aliphatic imine (C=N–C) groups is 1. The molecule has 6 heteroatoms. The number of nitrogens with zero attached hydrogens (tertiary/aromatic N) is 4. The van der Waals surface area contributed by atoms with E-state index >= 15 is 0 Å². The van der Waals surface area contributed by atoms with Crippen LogP contribution in [0.3, 0.4) is 0 Å². The summed E-state index contributed by atoms with van der Waals surface area (Å²) in [5.74, 6) is 1.57.